The number of hydrogen-bond donors (Lipinski definition) is 1. The predicted molar refractivity (Wildman–Crippen MR) is 81.4 cm³/mol. The van der Waals surface area contributed by atoms with E-state index in [4.69, 9.17) is 21.6 Å². The van der Waals surface area contributed by atoms with Crippen LogP contribution in [0.2, 0.25) is 5.02 Å². The highest BCUT2D eigenvalue weighted by molar-refractivity contribution is 6.33. The van der Waals surface area contributed by atoms with Crippen LogP contribution < -0.4 is 10.1 Å². The van der Waals surface area contributed by atoms with Crippen LogP contribution in [-0.2, 0) is 6.42 Å². The van der Waals surface area contributed by atoms with Gasteiger partial charge in [-0.3, -0.25) is 0 Å². The second-order valence-electron chi connectivity index (χ2n) is 4.33. The maximum absolute atomic E-state index is 8.79. The lowest BCUT2D eigenvalue weighted by molar-refractivity contribution is 0.414. The number of ether oxygens (including phenoxy) is 1. The Balaban J connectivity index is 1.94. The number of nitrogens with zero attached hydrogens (tertiary/aromatic N) is 1. The Morgan fingerprint density at radius 2 is 2.10 bits per heavy atom. The maximum Gasteiger partial charge on any atom is 0.119 e. The third kappa shape index (κ3) is 3.66. The number of rotatable bonds is 5. The molecule has 0 atom stereocenters. The number of nitrogens with one attached hydrogen (secondary N) is 1. The minimum absolute atomic E-state index is 0.563. The Kier molecular flexibility index (Phi) is 4.86. The van der Waals surface area contributed by atoms with Crippen LogP contribution in [-0.4, -0.2) is 13.7 Å². The summed E-state index contributed by atoms with van der Waals surface area (Å²) >= 11 is 6.10. The second-order valence-corrected chi connectivity index (χ2v) is 4.74. The summed E-state index contributed by atoms with van der Waals surface area (Å²) < 4.78 is 5.19. The molecule has 20 heavy (non-hydrogen) atoms. The number of hydrogen-bond acceptors (Lipinski definition) is 3. The molecule has 3 nitrogen and oxygen atoms in total. The van der Waals surface area contributed by atoms with Crippen molar-refractivity contribution in [2.45, 2.75) is 6.42 Å². The van der Waals surface area contributed by atoms with Crippen molar-refractivity contribution in [3.05, 3.63) is 58.6 Å². The second kappa shape index (κ2) is 6.83. The van der Waals surface area contributed by atoms with Gasteiger partial charge in [-0.2, -0.15) is 5.26 Å². The molecule has 0 aliphatic carbocycles. The molecule has 0 aromatic heterocycles. The van der Waals surface area contributed by atoms with Gasteiger partial charge in [0.05, 0.1) is 29.5 Å². The predicted octanol–water partition coefficient (Wildman–Crippen LogP) is 3.87. The van der Waals surface area contributed by atoms with Crippen molar-refractivity contribution in [2.24, 2.45) is 0 Å². The van der Waals surface area contributed by atoms with Crippen molar-refractivity contribution < 1.29 is 4.74 Å². The first-order valence-corrected chi connectivity index (χ1v) is 6.67. The monoisotopic (exact) mass is 286 g/mol. The van der Waals surface area contributed by atoms with Crippen molar-refractivity contribution in [2.75, 3.05) is 19.0 Å². The van der Waals surface area contributed by atoms with Gasteiger partial charge in [-0.05, 0) is 42.3 Å². The molecule has 2 aromatic rings. The topological polar surface area (TPSA) is 45.0 Å². The van der Waals surface area contributed by atoms with Gasteiger partial charge in [-0.25, -0.2) is 0 Å². The zero-order valence-corrected chi connectivity index (χ0v) is 11.9. The molecule has 0 aliphatic heterocycles. The fraction of sp³-hybridized carbons (Fsp3) is 0.188. The first kappa shape index (κ1) is 14.2. The number of methoxy groups -OCH3 is 1. The van der Waals surface area contributed by atoms with Crippen LogP contribution in [0.4, 0.5) is 5.69 Å². The van der Waals surface area contributed by atoms with E-state index in [-0.39, 0.29) is 0 Å². The third-order valence-corrected chi connectivity index (χ3v) is 3.27. The molecule has 0 heterocycles. The molecule has 0 radical (unpaired) electrons. The van der Waals surface area contributed by atoms with Gasteiger partial charge < -0.3 is 10.1 Å². The molecule has 4 heteroatoms. The van der Waals surface area contributed by atoms with Crippen LogP contribution >= 0.6 is 11.6 Å². The molecule has 0 fully saturated rings. The van der Waals surface area contributed by atoms with E-state index in [2.05, 4.69) is 17.5 Å². The summed E-state index contributed by atoms with van der Waals surface area (Å²) in [7, 11) is 1.66. The van der Waals surface area contributed by atoms with Crippen LogP contribution in [0.25, 0.3) is 0 Å². The van der Waals surface area contributed by atoms with E-state index in [1.165, 1.54) is 5.56 Å². The zero-order valence-electron chi connectivity index (χ0n) is 11.2. The Morgan fingerprint density at radius 3 is 2.80 bits per heavy atom. The highest BCUT2D eigenvalue weighted by Gasteiger charge is 2.02. The highest BCUT2D eigenvalue weighted by atomic mass is 35.5. The minimum Gasteiger partial charge on any atom is -0.497 e. The van der Waals surface area contributed by atoms with Crippen LogP contribution in [0.3, 0.4) is 0 Å². The fourth-order valence-corrected chi connectivity index (χ4v) is 2.14. The van der Waals surface area contributed by atoms with Crippen LogP contribution in [0, 0.1) is 11.3 Å². The van der Waals surface area contributed by atoms with Gasteiger partial charge in [-0.15, -0.1) is 0 Å². The largest absolute Gasteiger partial charge is 0.497 e. The van der Waals surface area contributed by atoms with Gasteiger partial charge in [-0.1, -0.05) is 23.7 Å². The van der Waals surface area contributed by atoms with Gasteiger partial charge in [0.2, 0.25) is 0 Å². The summed E-state index contributed by atoms with van der Waals surface area (Å²) in [6.45, 7) is 0.763. The summed E-state index contributed by atoms with van der Waals surface area (Å²) in [5.74, 6) is 0.860. The number of benzene rings is 2. The maximum atomic E-state index is 8.79. The molecular weight excluding hydrogens is 272 g/mol. The van der Waals surface area contributed by atoms with Crippen LogP contribution in [0.5, 0.6) is 5.75 Å². The Bertz CT molecular complexity index is 635. The standard InChI is InChI=1S/C16H15ClN2O/c1-20-14-4-2-3-12(9-14)7-8-19-16-6-5-13(11-18)10-15(16)17/h2-6,9-10,19H,7-8H2,1H3. The Morgan fingerprint density at radius 1 is 1.25 bits per heavy atom. The molecule has 2 aromatic carbocycles. The summed E-state index contributed by atoms with van der Waals surface area (Å²) in [4.78, 5) is 0. The van der Waals surface area contributed by atoms with Crippen LogP contribution in [0.1, 0.15) is 11.1 Å². The lowest BCUT2D eigenvalue weighted by Crippen LogP contribution is -2.05. The lowest BCUT2D eigenvalue weighted by atomic mass is 10.1. The lowest BCUT2D eigenvalue weighted by Gasteiger charge is -2.09. The molecule has 0 aliphatic rings. The number of nitriles is 1. The summed E-state index contributed by atoms with van der Waals surface area (Å²) in [6.07, 6.45) is 0.869. The molecule has 0 saturated carbocycles. The van der Waals surface area contributed by atoms with Gasteiger partial charge in [0.25, 0.3) is 0 Å². The van der Waals surface area contributed by atoms with E-state index in [9.17, 15) is 0 Å². The molecule has 0 amide bonds. The van der Waals surface area contributed by atoms with Crippen molar-refractivity contribution in [1.82, 2.24) is 0 Å². The van der Waals surface area contributed by atoms with Gasteiger partial charge in [0, 0.05) is 6.54 Å². The molecule has 0 spiro atoms. The van der Waals surface area contributed by atoms with Gasteiger partial charge in [0.1, 0.15) is 5.75 Å². The van der Waals surface area contributed by atoms with Crippen molar-refractivity contribution in [3.63, 3.8) is 0 Å². The Labute approximate surface area is 123 Å². The fourth-order valence-electron chi connectivity index (χ4n) is 1.90. The SMILES string of the molecule is COc1cccc(CCNc2ccc(C#N)cc2Cl)c1. The summed E-state index contributed by atoms with van der Waals surface area (Å²) in [6, 6.07) is 15.3. The van der Waals surface area contributed by atoms with Crippen molar-refractivity contribution in [1.29, 1.82) is 5.26 Å². The first-order valence-electron chi connectivity index (χ1n) is 6.29. The van der Waals surface area contributed by atoms with E-state index < -0.39 is 0 Å². The van der Waals surface area contributed by atoms with E-state index in [1.54, 1.807) is 19.2 Å². The van der Waals surface area contributed by atoms with E-state index in [1.807, 2.05) is 24.3 Å². The highest BCUT2D eigenvalue weighted by Crippen LogP contribution is 2.22. The normalized spacial score (nSPS) is 9.85. The van der Waals surface area contributed by atoms with Gasteiger partial charge >= 0.3 is 0 Å². The van der Waals surface area contributed by atoms with E-state index in [0.717, 1.165) is 24.4 Å². The molecule has 2 rings (SSSR count). The molecule has 0 saturated heterocycles. The summed E-state index contributed by atoms with van der Waals surface area (Å²) in [5.41, 5.74) is 2.60. The third-order valence-electron chi connectivity index (χ3n) is 2.96. The number of halogens is 1. The average Bonchev–Trinajstić information content (AvgIpc) is 2.49. The molecular formula is C16H15ClN2O. The number of anilines is 1. The Hall–Kier alpha value is -2.18. The molecule has 102 valence electrons. The van der Waals surface area contributed by atoms with Crippen molar-refractivity contribution in [3.8, 4) is 11.8 Å². The molecule has 1 N–H and O–H groups in total. The van der Waals surface area contributed by atoms with Crippen LogP contribution in [0.15, 0.2) is 42.5 Å². The smallest absolute Gasteiger partial charge is 0.119 e. The molecule has 0 bridgehead atoms. The summed E-state index contributed by atoms with van der Waals surface area (Å²) in [5, 5.41) is 12.6. The molecule has 0 unspecified atom stereocenters. The zero-order chi connectivity index (χ0) is 14.4. The average molecular weight is 287 g/mol. The van der Waals surface area contributed by atoms with E-state index in [0.29, 0.717) is 10.6 Å². The first-order chi connectivity index (χ1) is 9.72. The van der Waals surface area contributed by atoms with E-state index >= 15 is 0 Å². The van der Waals surface area contributed by atoms with Gasteiger partial charge in [0.15, 0.2) is 0 Å². The minimum atomic E-state index is 0.563. The van der Waals surface area contributed by atoms with Crippen molar-refractivity contribution >= 4 is 17.3 Å². The quantitative estimate of drug-likeness (QED) is 0.907.